The molecule has 156 valence electrons. The average molecular weight is 418 g/mol. The summed E-state index contributed by atoms with van der Waals surface area (Å²) in [6, 6.07) is 13.1. The van der Waals surface area contributed by atoms with Crippen LogP contribution in [-0.2, 0) is 13.6 Å². The minimum atomic E-state index is -0.495. The number of nitrogens with two attached hydrogens (primary N) is 1. The van der Waals surface area contributed by atoms with Crippen LogP contribution in [-0.4, -0.2) is 23.1 Å². The number of benzene rings is 2. The summed E-state index contributed by atoms with van der Waals surface area (Å²) < 4.78 is 19.3. The van der Waals surface area contributed by atoms with Gasteiger partial charge in [0.15, 0.2) is 11.2 Å². The van der Waals surface area contributed by atoms with E-state index in [1.54, 1.807) is 35.8 Å². The van der Waals surface area contributed by atoms with Crippen molar-refractivity contribution in [2.75, 3.05) is 5.73 Å². The minimum absolute atomic E-state index is 0.0281. The topological polar surface area (TPSA) is 92.2 Å². The predicted octanol–water partition coefficient (Wildman–Crippen LogP) is 2.22. The van der Waals surface area contributed by atoms with Crippen LogP contribution in [0.15, 0.2) is 64.3 Å². The Labute approximate surface area is 175 Å². The molecule has 0 saturated heterocycles. The highest BCUT2D eigenvalue weighted by atomic mass is 19.1. The molecule has 0 atom stereocenters. The number of hydrogen-bond acceptors (Lipinski definition) is 4. The smallest absolute Gasteiger partial charge is 0.332 e. The van der Waals surface area contributed by atoms with Crippen molar-refractivity contribution in [1.82, 2.24) is 23.1 Å². The number of aromatic nitrogens is 5. The molecule has 8 nitrogen and oxygen atoms in total. The molecule has 3 heterocycles. The van der Waals surface area contributed by atoms with Crippen molar-refractivity contribution in [3.63, 3.8) is 0 Å². The van der Waals surface area contributed by atoms with Gasteiger partial charge in [0, 0.05) is 18.9 Å². The number of aryl methyl sites for hydroxylation is 2. The van der Waals surface area contributed by atoms with Crippen LogP contribution in [0.4, 0.5) is 10.1 Å². The maximum Gasteiger partial charge on any atom is 0.332 e. The Hall–Kier alpha value is -4.14. The lowest BCUT2D eigenvalue weighted by molar-refractivity contribution is 0.623. The van der Waals surface area contributed by atoms with Crippen molar-refractivity contribution >= 4 is 22.6 Å². The summed E-state index contributed by atoms with van der Waals surface area (Å²) in [4.78, 5) is 30.9. The molecule has 0 aliphatic carbocycles. The number of anilines is 1. The third-order valence-electron chi connectivity index (χ3n) is 5.46. The van der Waals surface area contributed by atoms with Gasteiger partial charge in [-0.1, -0.05) is 24.3 Å². The van der Waals surface area contributed by atoms with Gasteiger partial charge < -0.3 is 5.73 Å². The predicted molar refractivity (Wildman–Crippen MR) is 116 cm³/mol. The van der Waals surface area contributed by atoms with Gasteiger partial charge >= 0.3 is 5.69 Å². The molecule has 5 aromatic rings. The fourth-order valence-electron chi connectivity index (χ4n) is 3.91. The first-order valence-electron chi connectivity index (χ1n) is 9.66. The maximum atomic E-state index is 13.4. The second-order valence-corrected chi connectivity index (χ2v) is 7.48. The summed E-state index contributed by atoms with van der Waals surface area (Å²) in [5, 5.41) is 0. The van der Waals surface area contributed by atoms with E-state index >= 15 is 0 Å². The highest BCUT2D eigenvalue weighted by Crippen LogP contribution is 2.24. The molecule has 0 aliphatic heterocycles. The molecule has 0 amide bonds. The first kappa shape index (κ1) is 18.9. The Morgan fingerprint density at radius 1 is 1.06 bits per heavy atom. The van der Waals surface area contributed by atoms with Gasteiger partial charge in [0.1, 0.15) is 5.82 Å². The number of rotatable bonds is 3. The number of fused-ring (bicyclic) bond motifs is 3. The van der Waals surface area contributed by atoms with E-state index in [9.17, 15) is 14.0 Å². The highest BCUT2D eigenvalue weighted by Gasteiger charge is 2.21. The molecule has 0 radical (unpaired) electrons. The van der Waals surface area contributed by atoms with Crippen molar-refractivity contribution in [2.24, 2.45) is 7.05 Å². The SMILES string of the molecule is Cc1cn2c3c(=O)n(Cc4ccc(F)cc4)c(=O)n(C)c3nc2n1-c1ccccc1N. The van der Waals surface area contributed by atoms with Gasteiger partial charge in [0.25, 0.3) is 5.56 Å². The largest absolute Gasteiger partial charge is 0.397 e. The number of nitrogen functional groups attached to an aromatic ring is 1. The van der Waals surface area contributed by atoms with E-state index in [4.69, 9.17) is 5.73 Å². The Kier molecular flexibility index (Phi) is 4.07. The Bertz CT molecular complexity index is 1590. The van der Waals surface area contributed by atoms with E-state index in [-0.39, 0.29) is 23.5 Å². The van der Waals surface area contributed by atoms with Crippen LogP contribution >= 0.6 is 0 Å². The molecule has 0 spiro atoms. The summed E-state index contributed by atoms with van der Waals surface area (Å²) in [5.74, 6) is 0.103. The van der Waals surface area contributed by atoms with Crippen LogP contribution in [0.5, 0.6) is 0 Å². The van der Waals surface area contributed by atoms with Gasteiger partial charge in [-0.3, -0.25) is 22.9 Å². The monoisotopic (exact) mass is 418 g/mol. The summed E-state index contributed by atoms with van der Waals surface area (Å²) in [7, 11) is 1.58. The Morgan fingerprint density at radius 2 is 1.77 bits per heavy atom. The van der Waals surface area contributed by atoms with Crippen molar-refractivity contribution in [1.29, 1.82) is 0 Å². The van der Waals surface area contributed by atoms with E-state index < -0.39 is 11.2 Å². The van der Waals surface area contributed by atoms with Crippen LogP contribution < -0.4 is 17.0 Å². The molecule has 0 bridgehead atoms. The van der Waals surface area contributed by atoms with E-state index in [1.807, 2.05) is 29.7 Å². The summed E-state index contributed by atoms with van der Waals surface area (Å²) in [6.07, 6.45) is 1.80. The van der Waals surface area contributed by atoms with Gasteiger partial charge in [-0.15, -0.1) is 0 Å². The molecule has 0 saturated carbocycles. The highest BCUT2D eigenvalue weighted by molar-refractivity contribution is 5.77. The number of hydrogen-bond donors (Lipinski definition) is 1. The first-order chi connectivity index (χ1) is 14.9. The molecular formula is C22H19FN6O2. The number of nitrogens with zero attached hydrogens (tertiary/aromatic N) is 5. The molecule has 3 aromatic heterocycles. The Balaban J connectivity index is 1.80. The van der Waals surface area contributed by atoms with Crippen LogP contribution in [0.3, 0.4) is 0 Å². The van der Waals surface area contributed by atoms with Crippen molar-refractivity contribution in [2.45, 2.75) is 13.5 Å². The van der Waals surface area contributed by atoms with Crippen molar-refractivity contribution in [3.8, 4) is 5.69 Å². The van der Waals surface area contributed by atoms with Gasteiger partial charge in [0.2, 0.25) is 5.78 Å². The molecule has 31 heavy (non-hydrogen) atoms. The summed E-state index contributed by atoms with van der Waals surface area (Å²) in [6.45, 7) is 1.92. The summed E-state index contributed by atoms with van der Waals surface area (Å²) in [5.41, 5.74) is 8.56. The third-order valence-corrected chi connectivity index (χ3v) is 5.46. The van der Waals surface area contributed by atoms with Gasteiger partial charge in [0.05, 0.1) is 17.9 Å². The van der Waals surface area contributed by atoms with Crippen LogP contribution in [0.1, 0.15) is 11.3 Å². The molecule has 0 unspecified atom stereocenters. The molecule has 2 N–H and O–H groups in total. The lowest BCUT2D eigenvalue weighted by Crippen LogP contribution is -2.39. The maximum absolute atomic E-state index is 13.4. The molecule has 2 aromatic carbocycles. The fraction of sp³-hybridized carbons (Fsp3) is 0.136. The first-order valence-corrected chi connectivity index (χ1v) is 9.66. The number of imidazole rings is 2. The number of halogens is 1. The third kappa shape index (κ3) is 2.77. The lowest BCUT2D eigenvalue weighted by Gasteiger charge is -2.09. The van der Waals surface area contributed by atoms with Crippen LogP contribution in [0.2, 0.25) is 0 Å². The molecule has 0 fully saturated rings. The van der Waals surface area contributed by atoms with Gasteiger partial charge in [-0.25, -0.2) is 9.18 Å². The lowest BCUT2D eigenvalue weighted by atomic mass is 10.2. The Morgan fingerprint density at radius 3 is 2.48 bits per heavy atom. The van der Waals surface area contributed by atoms with E-state index in [1.165, 1.54) is 16.7 Å². The van der Waals surface area contributed by atoms with Crippen LogP contribution in [0.25, 0.3) is 22.6 Å². The molecule has 0 aliphatic rings. The van der Waals surface area contributed by atoms with Crippen molar-refractivity contribution < 1.29 is 4.39 Å². The zero-order valence-corrected chi connectivity index (χ0v) is 16.9. The van der Waals surface area contributed by atoms with Gasteiger partial charge in [-0.05, 0) is 36.8 Å². The second-order valence-electron chi connectivity index (χ2n) is 7.48. The fourth-order valence-corrected chi connectivity index (χ4v) is 3.91. The van der Waals surface area contributed by atoms with Gasteiger partial charge in [-0.2, -0.15) is 4.98 Å². The molecular weight excluding hydrogens is 399 g/mol. The zero-order chi connectivity index (χ0) is 21.9. The van der Waals surface area contributed by atoms with E-state index in [2.05, 4.69) is 4.98 Å². The standard InChI is InChI=1S/C22H19FN6O2/c1-13-11-27-18-19(25-21(27)29(13)17-6-4-3-5-16(17)24)26(2)22(31)28(20(18)30)12-14-7-9-15(23)10-8-14/h3-11H,12,24H2,1-2H3. The van der Waals surface area contributed by atoms with Crippen molar-refractivity contribution in [3.05, 3.63) is 92.6 Å². The van der Waals surface area contributed by atoms with E-state index in [0.29, 0.717) is 17.0 Å². The van der Waals surface area contributed by atoms with E-state index in [0.717, 1.165) is 15.9 Å². The minimum Gasteiger partial charge on any atom is -0.397 e. The number of para-hydroxylation sites is 2. The second kappa shape index (κ2) is 6.69. The summed E-state index contributed by atoms with van der Waals surface area (Å²) >= 11 is 0. The normalized spacial score (nSPS) is 11.6. The average Bonchev–Trinajstić information content (AvgIpc) is 3.26. The zero-order valence-electron chi connectivity index (χ0n) is 16.9. The van der Waals surface area contributed by atoms with Crippen LogP contribution in [0, 0.1) is 12.7 Å². The quantitative estimate of drug-likeness (QED) is 0.455. The molecule has 5 rings (SSSR count). The molecule has 9 heteroatoms.